The van der Waals surface area contributed by atoms with Gasteiger partial charge in [0.05, 0.1) is 15.7 Å². The van der Waals surface area contributed by atoms with Crippen molar-refractivity contribution in [1.82, 2.24) is 4.98 Å². The van der Waals surface area contributed by atoms with E-state index in [0.29, 0.717) is 27.2 Å². The van der Waals surface area contributed by atoms with Crippen LogP contribution in [0.3, 0.4) is 0 Å². The molecule has 0 bridgehead atoms. The van der Waals surface area contributed by atoms with Gasteiger partial charge in [-0.25, -0.2) is 0 Å². The number of rotatable bonds is 3. The monoisotopic (exact) mass is 345 g/mol. The molecular formula is C16H13Cl2N5. The number of hydrogen-bond donors (Lipinski definition) is 5. The fourth-order valence-electron chi connectivity index (χ4n) is 2.55. The Morgan fingerprint density at radius 2 is 1.61 bits per heavy atom. The first-order valence-electron chi connectivity index (χ1n) is 6.69. The molecule has 1 heterocycles. The van der Waals surface area contributed by atoms with Gasteiger partial charge in [0, 0.05) is 22.0 Å². The van der Waals surface area contributed by atoms with Gasteiger partial charge >= 0.3 is 0 Å². The number of nitrogen functional groups attached to an aromatic ring is 2. The predicted octanol–water partition coefficient (Wildman–Crippen LogP) is 3.71. The number of benzene rings is 2. The maximum absolute atomic E-state index is 7.82. The highest BCUT2D eigenvalue weighted by atomic mass is 35.5. The first-order chi connectivity index (χ1) is 10.9. The topological polar surface area (TPSA) is 116 Å². The lowest BCUT2D eigenvalue weighted by Gasteiger charge is -2.09. The zero-order valence-electron chi connectivity index (χ0n) is 11.9. The minimum atomic E-state index is -0.233. The van der Waals surface area contributed by atoms with Crippen LogP contribution in [0.4, 0.5) is 0 Å². The lowest BCUT2D eigenvalue weighted by atomic mass is 10.0. The number of nitrogens with two attached hydrogens (primary N) is 2. The Balaban J connectivity index is 2.43. The molecule has 0 unspecified atom stereocenters. The average molecular weight is 346 g/mol. The van der Waals surface area contributed by atoms with E-state index in [1.54, 1.807) is 6.07 Å². The molecule has 0 atom stereocenters. The van der Waals surface area contributed by atoms with Gasteiger partial charge in [-0.1, -0.05) is 53.5 Å². The van der Waals surface area contributed by atoms with E-state index in [0.717, 1.165) is 5.56 Å². The van der Waals surface area contributed by atoms with Crippen molar-refractivity contribution < 1.29 is 0 Å². The number of amidine groups is 2. The quantitative estimate of drug-likeness (QED) is 0.367. The number of fused-ring (bicyclic) bond motifs is 1. The third-order valence-electron chi connectivity index (χ3n) is 3.58. The molecule has 7 N–H and O–H groups in total. The van der Waals surface area contributed by atoms with Crippen molar-refractivity contribution in [3.8, 4) is 11.3 Å². The highest BCUT2D eigenvalue weighted by Crippen LogP contribution is 2.39. The molecule has 5 nitrogen and oxygen atoms in total. The highest BCUT2D eigenvalue weighted by molar-refractivity contribution is 6.43. The van der Waals surface area contributed by atoms with Crippen LogP contribution in [0.15, 0.2) is 36.4 Å². The number of aromatic amines is 1. The zero-order valence-corrected chi connectivity index (χ0v) is 13.4. The lowest BCUT2D eigenvalue weighted by molar-refractivity contribution is 1.40. The SMILES string of the molecule is N=C(N)c1cc2[nH]c(-c3ccccc3)c(Cl)c2c(C(=N)N)c1Cl. The van der Waals surface area contributed by atoms with Crippen molar-refractivity contribution in [3.05, 3.63) is 57.6 Å². The fraction of sp³-hybridized carbons (Fsp3) is 0. The van der Waals surface area contributed by atoms with Crippen LogP contribution >= 0.6 is 23.2 Å². The van der Waals surface area contributed by atoms with Crippen LogP contribution in [0.2, 0.25) is 10.0 Å². The first-order valence-corrected chi connectivity index (χ1v) is 7.45. The fourth-order valence-corrected chi connectivity index (χ4v) is 3.26. The Morgan fingerprint density at radius 1 is 0.957 bits per heavy atom. The predicted molar refractivity (Wildman–Crippen MR) is 95.8 cm³/mol. The van der Waals surface area contributed by atoms with Gasteiger partial charge in [0.1, 0.15) is 11.7 Å². The summed E-state index contributed by atoms with van der Waals surface area (Å²) in [4.78, 5) is 3.20. The second-order valence-electron chi connectivity index (χ2n) is 5.04. The number of aromatic nitrogens is 1. The van der Waals surface area contributed by atoms with Crippen LogP contribution in [-0.2, 0) is 0 Å². The summed E-state index contributed by atoms with van der Waals surface area (Å²) in [5.41, 5.74) is 14.0. The van der Waals surface area contributed by atoms with Crippen LogP contribution in [0.25, 0.3) is 22.2 Å². The average Bonchev–Trinajstić information content (AvgIpc) is 2.84. The summed E-state index contributed by atoms with van der Waals surface area (Å²) in [5, 5.41) is 16.6. The van der Waals surface area contributed by atoms with Gasteiger partial charge < -0.3 is 16.5 Å². The number of halogens is 2. The second kappa shape index (κ2) is 5.61. The van der Waals surface area contributed by atoms with Crippen molar-refractivity contribution in [1.29, 1.82) is 10.8 Å². The Labute approximate surface area is 142 Å². The maximum Gasteiger partial charge on any atom is 0.125 e. The molecule has 116 valence electrons. The number of nitrogens with one attached hydrogen (secondary N) is 3. The molecule has 7 heteroatoms. The summed E-state index contributed by atoms with van der Waals surface area (Å²) in [6.45, 7) is 0. The van der Waals surface area contributed by atoms with Crippen molar-refractivity contribution >= 4 is 45.8 Å². The molecule has 0 fully saturated rings. The van der Waals surface area contributed by atoms with Gasteiger partial charge in [-0.3, -0.25) is 10.8 Å². The van der Waals surface area contributed by atoms with Crippen molar-refractivity contribution in [2.45, 2.75) is 0 Å². The maximum atomic E-state index is 7.82. The van der Waals surface area contributed by atoms with E-state index in [4.69, 9.17) is 45.5 Å². The summed E-state index contributed by atoms with van der Waals surface area (Å²) in [7, 11) is 0. The molecule has 0 amide bonds. The lowest BCUT2D eigenvalue weighted by Crippen LogP contribution is -2.17. The van der Waals surface area contributed by atoms with Crippen molar-refractivity contribution in [2.24, 2.45) is 11.5 Å². The summed E-state index contributed by atoms with van der Waals surface area (Å²) < 4.78 is 0. The van der Waals surface area contributed by atoms with Crippen LogP contribution < -0.4 is 11.5 Å². The molecule has 1 aromatic heterocycles. The highest BCUT2D eigenvalue weighted by Gasteiger charge is 2.22. The first kappa shape index (κ1) is 15.4. The van der Waals surface area contributed by atoms with Gasteiger partial charge in [-0.2, -0.15) is 0 Å². The van der Waals surface area contributed by atoms with Crippen molar-refractivity contribution in [2.75, 3.05) is 0 Å². The Hall–Kier alpha value is -2.50. The van der Waals surface area contributed by atoms with Gasteiger partial charge in [-0.05, 0) is 11.6 Å². The van der Waals surface area contributed by atoms with Gasteiger partial charge in [0.15, 0.2) is 0 Å². The summed E-state index contributed by atoms with van der Waals surface area (Å²) in [6, 6.07) is 11.2. The summed E-state index contributed by atoms with van der Waals surface area (Å²) in [5.74, 6) is -0.435. The smallest absolute Gasteiger partial charge is 0.125 e. The molecule has 0 aliphatic heterocycles. The van der Waals surface area contributed by atoms with E-state index in [1.165, 1.54) is 0 Å². The van der Waals surface area contributed by atoms with E-state index >= 15 is 0 Å². The molecule has 3 aromatic rings. The molecule has 23 heavy (non-hydrogen) atoms. The van der Waals surface area contributed by atoms with Gasteiger partial charge in [0.25, 0.3) is 0 Å². The van der Waals surface area contributed by atoms with E-state index in [1.807, 2.05) is 30.3 Å². The van der Waals surface area contributed by atoms with Gasteiger partial charge in [0.2, 0.25) is 0 Å². The Bertz CT molecular complexity index is 944. The minimum Gasteiger partial charge on any atom is -0.384 e. The van der Waals surface area contributed by atoms with E-state index in [-0.39, 0.29) is 22.3 Å². The third kappa shape index (κ3) is 2.44. The van der Waals surface area contributed by atoms with Crippen LogP contribution in [0.5, 0.6) is 0 Å². The molecule has 0 saturated heterocycles. The molecule has 0 saturated carbocycles. The largest absolute Gasteiger partial charge is 0.384 e. The molecule has 2 aromatic carbocycles. The van der Waals surface area contributed by atoms with Crippen molar-refractivity contribution in [3.63, 3.8) is 0 Å². The van der Waals surface area contributed by atoms with Crippen LogP contribution in [-0.4, -0.2) is 16.7 Å². The standard InChI is InChI=1S/C16H13Cl2N5/c17-12-8(15(19)20)6-9-10(11(12)16(21)22)13(18)14(23-9)7-4-2-1-3-5-7/h1-6,23H,(H3,19,20)(H3,21,22). The molecule has 0 aliphatic carbocycles. The van der Waals surface area contributed by atoms with E-state index < -0.39 is 0 Å². The zero-order chi connectivity index (χ0) is 16.7. The molecule has 0 aliphatic rings. The third-order valence-corrected chi connectivity index (χ3v) is 4.36. The van der Waals surface area contributed by atoms with Gasteiger partial charge in [-0.15, -0.1) is 0 Å². The number of hydrogen-bond acceptors (Lipinski definition) is 2. The number of H-pyrrole nitrogens is 1. The van der Waals surface area contributed by atoms with Crippen LogP contribution in [0.1, 0.15) is 11.1 Å². The molecule has 0 spiro atoms. The van der Waals surface area contributed by atoms with Crippen LogP contribution in [0, 0.1) is 10.8 Å². The van der Waals surface area contributed by atoms with E-state index in [9.17, 15) is 0 Å². The van der Waals surface area contributed by atoms with E-state index in [2.05, 4.69) is 4.98 Å². The second-order valence-corrected chi connectivity index (χ2v) is 5.80. The summed E-state index contributed by atoms with van der Waals surface area (Å²) in [6.07, 6.45) is 0. The molecule has 0 radical (unpaired) electrons. The normalized spacial score (nSPS) is 10.9. The molecule has 3 rings (SSSR count). The Kier molecular flexibility index (Phi) is 3.75. The molecular weight excluding hydrogens is 333 g/mol. The Morgan fingerprint density at radius 3 is 2.17 bits per heavy atom. The summed E-state index contributed by atoms with van der Waals surface area (Å²) >= 11 is 12.8. The minimum absolute atomic E-state index is 0.151.